The molecule has 0 aliphatic carbocycles. The molecule has 4 aromatic carbocycles. The zero-order valence-electron chi connectivity index (χ0n) is 27.6. The van der Waals surface area contributed by atoms with Crippen LogP contribution in [0.3, 0.4) is 0 Å². The van der Waals surface area contributed by atoms with E-state index in [2.05, 4.69) is 80.4 Å². The highest BCUT2D eigenvalue weighted by Gasteiger charge is 2.13. The fourth-order valence-electron chi connectivity index (χ4n) is 7.04. The van der Waals surface area contributed by atoms with Crippen molar-refractivity contribution in [2.45, 2.75) is 38.5 Å². The van der Waals surface area contributed by atoms with Crippen molar-refractivity contribution in [2.24, 2.45) is 0 Å². The lowest BCUT2D eigenvalue weighted by atomic mass is 10.0. The highest BCUT2D eigenvalue weighted by atomic mass is 16.5. The summed E-state index contributed by atoms with van der Waals surface area (Å²) in [5, 5.41) is 0. The zero-order chi connectivity index (χ0) is 32.1. The minimum Gasteiger partial charge on any atom is -0.494 e. The molecular weight excluding hydrogens is 596 g/mol. The van der Waals surface area contributed by atoms with E-state index in [1.165, 1.54) is 51.9 Å². The second-order valence-corrected chi connectivity index (χ2v) is 13.2. The van der Waals surface area contributed by atoms with Gasteiger partial charge in [-0.2, -0.15) is 0 Å². The van der Waals surface area contributed by atoms with Crippen LogP contribution in [0.2, 0.25) is 0 Å². The van der Waals surface area contributed by atoms with Gasteiger partial charge in [0.1, 0.15) is 23.1 Å². The molecule has 8 heteroatoms. The summed E-state index contributed by atoms with van der Waals surface area (Å²) >= 11 is 0. The predicted octanol–water partition coefficient (Wildman–Crippen LogP) is 8.17. The number of ether oxygens (including phenoxy) is 2. The molecule has 0 unspecified atom stereocenters. The first-order chi connectivity index (χ1) is 23.7. The Labute approximate surface area is 282 Å². The lowest BCUT2D eigenvalue weighted by Crippen LogP contribution is -2.21. The van der Waals surface area contributed by atoms with Crippen molar-refractivity contribution in [1.82, 2.24) is 29.7 Å². The fourth-order valence-corrected chi connectivity index (χ4v) is 7.04. The van der Waals surface area contributed by atoms with Gasteiger partial charge in [-0.3, -0.25) is 0 Å². The molecule has 0 radical (unpaired) electrons. The number of aromatic amines is 2. The first-order valence-electron chi connectivity index (χ1n) is 17.6. The molecule has 0 bridgehead atoms. The van der Waals surface area contributed by atoms with E-state index < -0.39 is 0 Å². The summed E-state index contributed by atoms with van der Waals surface area (Å²) in [6.45, 7) is 8.69. The van der Waals surface area contributed by atoms with Crippen LogP contribution >= 0.6 is 0 Å². The van der Waals surface area contributed by atoms with Crippen molar-refractivity contribution in [3.05, 3.63) is 84.9 Å². The van der Waals surface area contributed by atoms with E-state index in [4.69, 9.17) is 19.4 Å². The summed E-state index contributed by atoms with van der Waals surface area (Å²) < 4.78 is 12.0. The summed E-state index contributed by atoms with van der Waals surface area (Å²) in [6.07, 6.45) is 7.45. The van der Waals surface area contributed by atoms with Crippen molar-refractivity contribution in [3.8, 4) is 45.4 Å². The molecule has 6 aromatic rings. The Morgan fingerprint density at radius 1 is 0.500 bits per heavy atom. The van der Waals surface area contributed by atoms with Gasteiger partial charge in [-0.05, 0) is 149 Å². The zero-order valence-corrected chi connectivity index (χ0v) is 27.6. The third-order valence-electron chi connectivity index (χ3n) is 9.72. The molecule has 4 heterocycles. The monoisotopic (exact) mass is 640 g/mol. The quantitative estimate of drug-likeness (QED) is 0.124. The minimum atomic E-state index is 0.747. The molecule has 0 spiro atoms. The molecule has 2 aromatic heterocycles. The van der Waals surface area contributed by atoms with E-state index in [0.29, 0.717) is 0 Å². The lowest BCUT2D eigenvalue weighted by Gasteiger charge is -2.14. The Morgan fingerprint density at radius 2 is 0.896 bits per heavy atom. The largest absolute Gasteiger partial charge is 0.494 e. The second kappa shape index (κ2) is 14.2. The van der Waals surface area contributed by atoms with Crippen molar-refractivity contribution < 1.29 is 9.47 Å². The molecule has 2 fully saturated rings. The summed E-state index contributed by atoms with van der Waals surface area (Å²) in [5.74, 6) is 3.52. The summed E-state index contributed by atoms with van der Waals surface area (Å²) in [7, 11) is 0. The van der Waals surface area contributed by atoms with E-state index in [9.17, 15) is 0 Å². The van der Waals surface area contributed by atoms with Crippen molar-refractivity contribution in [2.75, 3.05) is 52.5 Å². The summed E-state index contributed by atoms with van der Waals surface area (Å²) in [5.41, 5.74) is 8.24. The molecule has 246 valence electrons. The molecular formula is C40H44N6O2. The highest BCUT2D eigenvalue weighted by Crippen LogP contribution is 2.30. The van der Waals surface area contributed by atoms with Gasteiger partial charge in [0, 0.05) is 24.2 Å². The SMILES string of the molecule is c1cc(-c2nc3ccc(-c4ccc5nc(-c6ccc(OCCCN7CCCC7)cc6)[nH]c5c4)cc3[nH]2)ccc1OCCCN1CCCC1. The fraction of sp³-hybridized carbons (Fsp3) is 0.350. The van der Waals surface area contributed by atoms with Crippen molar-refractivity contribution >= 4 is 22.1 Å². The third-order valence-corrected chi connectivity index (χ3v) is 9.72. The molecule has 2 aliphatic rings. The molecule has 0 saturated carbocycles. The Bertz CT molecular complexity index is 1810. The first-order valence-corrected chi connectivity index (χ1v) is 17.6. The van der Waals surface area contributed by atoms with Gasteiger partial charge in [0.2, 0.25) is 0 Å². The molecule has 8 nitrogen and oxygen atoms in total. The van der Waals surface area contributed by atoms with Crippen LogP contribution in [0.1, 0.15) is 38.5 Å². The van der Waals surface area contributed by atoms with Crippen LogP contribution < -0.4 is 9.47 Å². The number of hydrogen-bond acceptors (Lipinski definition) is 6. The number of aromatic nitrogens is 4. The van der Waals surface area contributed by atoms with E-state index in [1.807, 2.05) is 24.3 Å². The maximum absolute atomic E-state index is 6.00. The number of fused-ring (bicyclic) bond motifs is 2. The third kappa shape index (κ3) is 7.10. The maximum atomic E-state index is 6.00. The number of H-pyrrole nitrogens is 2. The van der Waals surface area contributed by atoms with Crippen molar-refractivity contribution in [3.63, 3.8) is 0 Å². The smallest absolute Gasteiger partial charge is 0.138 e. The van der Waals surface area contributed by atoms with Gasteiger partial charge in [0.15, 0.2) is 0 Å². The van der Waals surface area contributed by atoms with Gasteiger partial charge in [-0.15, -0.1) is 0 Å². The summed E-state index contributed by atoms with van der Waals surface area (Å²) in [4.78, 5) is 21.9. The lowest BCUT2D eigenvalue weighted by molar-refractivity contribution is 0.263. The Morgan fingerprint density at radius 3 is 1.31 bits per heavy atom. The van der Waals surface area contributed by atoms with Crippen LogP contribution in [0, 0.1) is 0 Å². The maximum Gasteiger partial charge on any atom is 0.138 e. The van der Waals surface area contributed by atoms with Gasteiger partial charge in [-0.25, -0.2) is 9.97 Å². The number of nitrogens with zero attached hydrogens (tertiary/aromatic N) is 4. The number of imidazole rings is 2. The van der Waals surface area contributed by atoms with Gasteiger partial charge in [0.05, 0.1) is 35.3 Å². The van der Waals surface area contributed by atoms with Gasteiger partial charge in [0.25, 0.3) is 0 Å². The Hall–Kier alpha value is -4.66. The van der Waals surface area contributed by atoms with Crippen LogP contribution in [0.4, 0.5) is 0 Å². The first kappa shape index (κ1) is 30.7. The van der Waals surface area contributed by atoms with E-state index >= 15 is 0 Å². The Kier molecular flexibility index (Phi) is 9.08. The molecule has 8 rings (SSSR count). The molecule has 0 atom stereocenters. The second-order valence-electron chi connectivity index (χ2n) is 13.2. The van der Waals surface area contributed by atoms with Crippen LogP contribution in [-0.2, 0) is 0 Å². The van der Waals surface area contributed by atoms with Crippen LogP contribution in [0.5, 0.6) is 11.5 Å². The van der Waals surface area contributed by atoms with Crippen LogP contribution in [0.25, 0.3) is 56.0 Å². The molecule has 0 amide bonds. The van der Waals surface area contributed by atoms with Crippen LogP contribution in [0.15, 0.2) is 84.9 Å². The number of benzene rings is 4. The minimum absolute atomic E-state index is 0.747. The normalized spacial score (nSPS) is 15.6. The topological polar surface area (TPSA) is 82.3 Å². The molecule has 2 aliphatic heterocycles. The van der Waals surface area contributed by atoms with Crippen molar-refractivity contribution in [1.29, 1.82) is 0 Å². The number of likely N-dealkylation sites (tertiary alicyclic amines) is 2. The van der Waals surface area contributed by atoms with Gasteiger partial charge < -0.3 is 29.2 Å². The molecule has 2 N–H and O–H groups in total. The number of rotatable bonds is 13. The predicted molar refractivity (Wildman–Crippen MR) is 194 cm³/mol. The van der Waals surface area contributed by atoms with Crippen LogP contribution in [-0.4, -0.2) is 82.2 Å². The highest BCUT2D eigenvalue weighted by molar-refractivity contribution is 5.88. The number of hydrogen-bond donors (Lipinski definition) is 2. The van der Waals surface area contributed by atoms with Gasteiger partial charge >= 0.3 is 0 Å². The number of nitrogens with one attached hydrogen (secondary N) is 2. The molecule has 2 saturated heterocycles. The average molecular weight is 641 g/mol. The van der Waals surface area contributed by atoms with E-state index in [-0.39, 0.29) is 0 Å². The standard InChI is InChI=1S/C40H44N6O2/c1-2-20-45(19-1)23-5-25-47-33-13-7-29(8-14-33)39-41-35-17-11-31(27-37(35)43-39)32-12-18-36-38(28-32)44-40(42-36)30-9-15-34(16-10-30)48-26-6-24-46-21-3-4-22-46/h7-18,27-28H,1-6,19-26H2,(H,41,43)(H,42,44). The van der Waals surface area contributed by atoms with E-state index in [1.54, 1.807) is 0 Å². The van der Waals surface area contributed by atoms with Gasteiger partial charge in [-0.1, -0.05) is 12.1 Å². The van der Waals surface area contributed by atoms with E-state index in [0.717, 1.165) is 107 Å². The average Bonchev–Trinajstić information content (AvgIpc) is 3.96. The Balaban J connectivity index is 0.899. The molecule has 48 heavy (non-hydrogen) atoms. The summed E-state index contributed by atoms with van der Waals surface area (Å²) in [6, 6.07) is 29.3.